The molecule has 2 aliphatic heterocycles. The van der Waals surface area contributed by atoms with Gasteiger partial charge < -0.3 is 64.2 Å². The van der Waals surface area contributed by atoms with Crippen molar-refractivity contribution in [2.24, 2.45) is 0 Å². The van der Waals surface area contributed by atoms with Crippen LogP contribution in [0.3, 0.4) is 0 Å². The maximum atomic E-state index is 13.0. The maximum Gasteiger partial charge on any atom is 0.330 e. The average molecular weight is 1050 g/mol. The van der Waals surface area contributed by atoms with Crippen LogP contribution < -0.4 is 0 Å². The summed E-state index contributed by atoms with van der Waals surface area (Å²) in [6.45, 7) is 2.46. The zero-order valence-corrected chi connectivity index (χ0v) is 45.8. The zero-order valence-electron chi connectivity index (χ0n) is 45.8. The van der Waals surface area contributed by atoms with Gasteiger partial charge in [0.05, 0.1) is 19.8 Å². The van der Waals surface area contributed by atoms with E-state index in [2.05, 4.69) is 38.2 Å². The quantitative estimate of drug-likeness (QED) is 0.00989. The molecule has 2 saturated heterocycles. The smallest absolute Gasteiger partial charge is 0.330 e. The SMILES string of the molecule is CCCCCCCCCCCCC/C=C/C=C/C(=O)OC[C@H](CO[C@H]1O[C@@H](CO[C@H]2O[C@@H](CO)[C@@H](O)C(O)C2O)[C@@H](O)C(O)C1O)OC(=O)CCC/C=C/CC/C=C/CCCCCCCCCCCCCCCC. The molecule has 4 unspecified atom stereocenters. The van der Waals surface area contributed by atoms with Crippen molar-refractivity contribution in [1.82, 2.24) is 0 Å². The normalized spacial score (nSPS) is 25.0. The van der Waals surface area contributed by atoms with E-state index in [4.69, 9.17) is 28.4 Å². The average Bonchev–Trinajstić information content (AvgIpc) is 3.39. The molecule has 15 heteroatoms. The van der Waals surface area contributed by atoms with Gasteiger partial charge in [-0.1, -0.05) is 204 Å². The van der Waals surface area contributed by atoms with Crippen LogP contribution in [-0.2, 0) is 38.0 Å². The molecule has 2 fully saturated rings. The Morgan fingerprint density at radius 3 is 1.38 bits per heavy atom. The van der Waals surface area contributed by atoms with E-state index in [1.807, 2.05) is 6.08 Å². The Morgan fingerprint density at radius 1 is 0.459 bits per heavy atom. The van der Waals surface area contributed by atoms with Crippen molar-refractivity contribution in [2.75, 3.05) is 26.4 Å². The van der Waals surface area contributed by atoms with Crippen molar-refractivity contribution >= 4 is 11.9 Å². The van der Waals surface area contributed by atoms with Gasteiger partial charge in [-0.05, 0) is 51.4 Å². The fraction of sp³-hybridized carbons (Fsp3) is 0.831. The lowest BCUT2D eigenvalue weighted by atomic mass is 9.98. The first-order valence-corrected chi connectivity index (χ1v) is 29.3. The van der Waals surface area contributed by atoms with Crippen molar-refractivity contribution in [1.29, 1.82) is 0 Å². The van der Waals surface area contributed by atoms with Gasteiger partial charge in [-0.15, -0.1) is 0 Å². The van der Waals surface area contributed by atoms with Crippen LogP contribution in [0.25, 0.3) is 0 Å². The largest absolute Gasteiger partial charge is 0.458 e. The van der Waals surface area contributed by atoms with Crippen molar-refractivity contribution < 1.29 is 73.8 Å². The second kappa shape index (κ2) is 45.5. The number of carbonyl (C=O) groups is 2. The van der Waals surface area contributed by atoms with Gasteiger partial charge in [-0.25, -0.2) is 4.79 Å². The van der Waals surface area contributed by atoms with Gasteiger partial charge in [-0.2, -0.15) is 0 Å². The topological polar surface area (TPSA) is 231 Å². The van der Waals surface area contributed by atoms with Gasteiger partial charge in [0.15, 0.2) is 18.7 Å². The molecule has 2 aliphatic rings. The Balaban J connectivity index is 1.79. The van der Waals surface area contributed by atoms with Crippen LogP contribution in [0.5, 0.6) is 0 Å². The summed E-state index contributed by atoms with van der Waals surface area (Å²) in [5.74, 6) is -1.22. The molecule has 0 aromatic rings. The number of esters is 2. The van der Waals surface area contributed by atoms with Gasteiger partial charge in [-0.3, -0.25) is 4.79 Å². The van der Waals surface area contributed by atoms with Crippen molar-refractivity contribution in [3.05, 3.63) is 48.6 Å². The first-order valence-electron chi connectivity index (χ1n) is 29.3. The molecular formula is C59H104O15. The molecule has 2 rings (SSSR count). The van der Waals surface area contributed by atoms with Gasteiger partial charge in [0.1, 0.15) is 55.4 Å². The molecule has 0 aliphatic carbocycles. The highest BCUT2D eigenvalue weighted by Crippen LogP contribution is 2.27. The summed E-state index contributed by atoms with van der Waals surface area (Å²) in [6.07, 6.45) is 36.4. The van der Waals surface area contributed by atoms with Crippen molar-refractivity contribution in [3.8, 4) is 0 Å². The van der Waals surface area contributed by atoms with Crippen LogP contribution in [0.15, 0.2) is 48.6 Å². The molecule has 0 spiro atoms. The van der Waals surface area contributed by atoms with Crippen molar-refractivity contribution in [2.45, 2.75) is 287 Å². The van der Waals surface area contributed by atoms with Gasteiger partial charge in [0.2, 0.25) is 0 Å². The molecule has 2 heterocycles. The van der Waals surface area contributed by atoms with Gasteiger partial charge in [0, 0.05) is 12.5 Å². The molecular weight excluding hydrogens is 949 g/mol. The molecule has 0 aromatic heterocycles. The fourth-order valence-electron chi connectivity index (χ4n) is 9.09. The number of aliphatic hydroxyl groups is 7. The summed E-state index contributed by atoms with van der Waals surface area (Å²) < 4.78 is 33.4. The molecule has 430 valence electrons. The van der Waals surface area contributed by atoms with Crippen LogP contribution in [-0.4, -0.2) is 142 Å². The van der Waals surface area contributed by atoms with E-state index in [9.17, 15) is 45.3 Å². The highest BCUT2D eigenvalue weighted by molar-refractivity contribution is 5.82. The van der Waals surface area contributed by atoms with Crippen LogP contribution in [0.1, 0.15) is 219 Å². The third kappa shape index (κ3) is 32.3. The summed E-state index contributed by atoms with van der Waals surface area (Å²) in [6, 6.07) is 0. The highest BCUT2D eigenvalue weighted by Gasteiger charge is 2.47. The lowest BCUT2D eigenvalue weighted by Gasteiger charge is -2.42. The summed E-state index contributed by atoms with van der Waals surface area (Å²) >= 11 is 0. The standard InChI is InChI=1S/C59H104O15/c1-3-5-7-9-11-13-15-17-19-20-21-22-23-24-25-26-28-30-32-34-36-38-40-42-51(62)72-47(44-69-50(61)41-39-37-35-33-31-29-27-18-16-14-12-10-8-6-4-2)45-70-58-57(68)55(66)53(64)49(74-58)46-71-59-56(67)54(65)52(63)48(43-60)73-59/h26,28,34-37,39,41,47-49,52-60,63-68H,3-25,27,29-33,38,40,42-46H2,1-2H3/b28-26+,36-34+,37-35+,41-39+/t47-,48+,49+,52-,53-,54?,55?,56?,57?,58+,59+/m1/s1. The molecule has 15 nitrogen and oxygen atoms in total. The minimum Gasteiger partial charge on any atom is -0.458 e. The van der Waals surface area contributed by atoms with E-state index in [0.29, 0.717) is 12.8 Å². The third-order valence-corrected chi connectivity index (χ3v) is 13.9. The number of allylic oxidation sites excluding steroid dienone is 7. The summed E-state index contributed by atoms with van der Waals surface area (Å²) in [7, 11) is 0. The fourth-order valence-corrected chi connectivity index (χ4v) is 9.09. The molecule has 74 heavy (non-hydrogen) atoms. The van der Waals surface area contributed by atoms with Crippen molar-refractivity contribution in [3.63, 3.8) is 0 Å². The number of ether oxygens (including phenoxy) is 6. The Morgan fingerprint density at radius 2 is 0.878 bits per heavy atom. The lowest BCUT2D eigenvalue weighted by Crippen LogP contribution is -2.61. The van der Waals surface area contributed by atoms with Crippen LogP contribution in [0.2, 0.25) is 0 Å². The Labute approximate surface area is 446 Å². The van der Waals surface area contributed by atoms with Crippen LogP contribution >= 0.6 is 0 Å². The first-order chi connectivity index (χ1) is 36.0. The molecule has 0 amide bonds. The second-order valence-electron chi connectivity index (χ2n) is 20.5. The molecule has 0 aromatic carbocycles. The van der Waals surface area contributed by atoms with E-state index in [0.717, 1.165) is 32.1 Å². The minimum atomic E-state index is -1.79. The van der Waals surface area contributed by atoms with E-state index in [1.165, 1.54) is 160 Å². The number of hydrogen-bond donors (Lipinski definition) is 7. The highest BCUT2D eigenvalue weighted by atomic mass is 16.7. The van der Waals surface area contributed by atoms with E-state index in [-0.39, 0.29) is 13.0 Å². The molecule has 7 N–H and O–H groups in total. The van der Waals surface area contributed by atoms with Gasteiger partial charge >= 0.3 is 11.9 Å². The van der Waals surface area contributed by atoms with Crippen LogP contribution in [0, 0.1) is 0 Å². The Kier molecular flexibility index (Phi) is 41.5. The predicted octanol–water partition coefficient (Wildman–Crippen LogP) is 9.83. The molecule has 0 radical (unpaired) electrons. The monoisotopic (exact) mass is 1050 g/mol. The second-order valence-corrected chi connectivity index (χ2v) is 20.5. The third-order valence-electron chi connectivity index (χ3n) is 13.9. The summed E-state index contributed by atoms with van der Waals surface area (Å²) in [5.41, 5.74) is 0. The number of aliphatic hydroxyl groups excluding tert-OH is 7. The maximum absolute atomic E-state index is 13.0. The number of unbranched alkanes of at least 4 members (excludes halogenated alkanes) is 27. The Hall–Kier alpha value is -2.54. The van der Waals surface area contributed by atoms with Gasteiger partial charge in [0.25, 0.3) is 0 Å². The molecule has 0 saturated carbocycles. The molecule has 11 atom stereocenters. The number of carbonyl (C=O) groups excluding carboxylic acids is 2. The van der Waals surface area contributed by atoms with E-state index in [1.54, 1.807) is 12.2 Å². The summed E-state index contributed by atoms with van der Waals surface area (Å²) in [5, 5.41) is 72.2. The number of rotatable bonds is 46. The predicted molar refractivity (Wildman–Crippen MR) is 289 cm³/mol. The van der Waals surface area contributed by atoms with Crippen LogP contribution in [0.4, 0.5) is 0 Å². The Bertz CT molecular complexity index is 1470. The molecule has 0 bridgehead atoms. The zero-order chi connectivity index (χ0) is 53.9. The lowest BCUT2D eigenvalue weighted by molar-refractivity contribution is -0.332. The van der Waals surface area contributed by atoms with E-state index >= 15 is 0 Å². The first kappa shape index (κ1) is 67.6. The minimum absolute atomic E-state index is 0.0858. The van der Waals surface area contributed by atoms with E-state index < -0.39 is 99.3 Å². The summed E-state index contributed by atoms with van der Waals surface area (Å²) in [4.78, 5) is 25.7. The number of hydrogen-bond acceptors (Lipinski definition) is 15.